The molecule has 4 atom stereocenters. The van der Waals surface area contributed by atoms with E-state index in [0.717, 1.165) is 52.7 Å². The standard InChI is InChI=1S/C26H24N4O3/c27-29-28-26(32)18-13-19-24-20(10-5-11-21(24)33-14-15-6-2-1-3-7-15)30-22(31)12-16-8-4-9-17(18)23(16)25(19)30/h1-3,5-7,10-11,16-18,23H,4,8-9,12-14H2/t16-,17+,18-,23+/m1/s1. The predicted molar refractivity (Wildman–Crippen MR) is 123 cm³/mol. The summed E-state index contributed by atoms with van der Waals surface area (Å²) in [5.74, 6) is 0.605. The zero-order chi connectivity index (χ0) is 22.5. The molecule has 0 saturated heterocycles. The van der Waals surface area contributed by atoms with Gasteiger partial charge in [0.25, 0.3) is 0 Å². The number of amides is 1. The first-order chi connectivity index (χ1) is 16.2. The van der Waals surface area contributed by atoms with E-state index in [1.54, 1.807) is 0 Å². The van der Waals surface area contributed by atoms with E-state index in [-0.39, 0.29) is 35.5 Å². The lowest BCUT2D eigenvalue weighted by Crippen LogP contribution is -2.44. The van der Waals surface area contributed by atoms with E-state index in [9.17, 15) is 9.59 Å². The van der Waals surface area contributed by atoms with E-state index in [1.807, 2.05) is 53.1 Å². The fourth-order valence-corrected chi connectivity index (χ4v) is 6.59. The number of rotatable bonds is 4. The van der Waals surface area contributed by atoms with Crippen LogP contribution < -0.4 is 4.74 Å². The van der Waals surface area contributed by atoms with Gasteiger partial charge in [0.15, 0.2) is 0 Å². The Morgan fingerprint density at radius 1 is 1.12 bits per heavy atom. The van der Waals surface area contributed by atoms with Crippen LogP contribution >= 0.6 is 0 Å². The van der Waals surface area contributed by atoms with Crippen molar-refractivity contribution in [3.63, 3.8) is 0 Å². The molecule has 166 valence electrons. The second-order valence-corrected chi connectivity index (χ2v) is 9.44. The zero-order valence-electron chi connectivity index (χ0n) is 18.2. The highest BCUT2D eigenvalue weighted by Gasteiger charge is 2.50. The lowest BCUT2D eigenvalue weighted by atomic mass is 9.59. The van der Waals surface area contributed by atoms with Gasteiger partial charge in [-0.15, -0.1) is 0 Å². The SMILES string of the molecule is [N-]=[N+]=NC(=O)[C@@H]1Cc2c3n(c4cccc(OCc5ccccc5)c24)C(=O)C[C@H]2CCC[C@@H]1[C@@H]32. The fourth-order valence-electron chi connectivity index (χ4n) is 6.59. The molecule has 0 spiro atoms. The molecule has 6 rings (SSSR count). The Hall–Kier alpha value is -3.57. The van der Waals surface area contributed by atoms with Gasteiger partial charge in [-0.1, -0.05) is 42.8 Å². The summed E-state index contributed by atoms with van der Waals surface area (Å²) in [6.45, 7) is 0.420. The average molecular weight is 441 g/mol. The van der Waals surface area contributed by atoms with Gasteiger partial charge in [0.05, 0.1) is 5.52 Å². The van der Waals surface area contributed by atoms with E-state index in [0.29, 0.717) is 19.4 Å². The van der Waals surface area contributed by atoms with Crippen LogP contribution in [0.5, 0.6) is 5.75 Å². The number of hydrogen-bond donors (Lipinski definition) is 0. The lowest BCUT2D eigenvalue weighted by Gasteiger charge is -2.47. The molecule has 1 aliphatic heterocycles. The lowest BCUT2D eigenvalue weighted by molar-refractivity contribution is -0.124. The van der Waals surface area contributed by atoms with E-state index < -0.39 is 0 Å². The molecule has 1 saturated carbocycles. The van der Waals surface area contributed by atoms with Gasteiger partial charge in [-0.05, 0) is 65.0 Å². The molecule has 1 aromatic heterocycles. The Morgan fingerprint density at radius 3 is 2.79 bits per heavy atom. The minimum absolute atomic E-state index is 0.110. The third-order valence-corrected chi connectivity index (χ3v) is 7.82. The van der Waals surface area contributed by atoms with Crippen molar-refractivity contribution in [1.82, 2.24) is 4.57 Å². The van der Waals surface area contributed by atoms with Crippen molar-refractivity contribution in [1.29, 1.82) is 0 Å². The van der Waals surface area contributed by atoms with Gasteiger partial charge in [0, 0.05) is 34.2 Å². The van der Waals surface area contributed by atoms with Gasteiger partial charge in [-0.25, -0.2) is 0 Å². The van der Waals surface area contributed by atoms with Crippen LogP contribution in [0.1, 0.15) is 53.2 Å². The molecule has 7 nitrogen and oxygen atoms in total. The van der Waals surface area contributed by atoms with Crippen molar-refractivity contribution < 1.29 is 14.3 Å². The highest BCUT2D eigenvalue weighted by Crippen LogP contribution is 2.56. The number of azide groups is 1. The molecular weight excluding hydrogens is 416 g/mol. The third kappa shape index (κ3) is 3.07. The molecule has 7 heteroatoms. The van der Waals surface area contributed by atoms with Gasteiger partial charge >= 0.3 is 0 Å². The zero-order valence-corrected chi connectivity index (χ0v) is 18.2. The molecule has 33 heavy (non-hydrogen) atoms. The maximum atomic E-state index is 13.3. The highest BCUT2D eigenvalue weighted by molar-refractivity contribution is 6.01. The first kappa shape index (κ1) is 20.1. The molecule has 0 unspecified atom stereocenters. The summed E-state index contributed by atoms with van der Waals surface area (Å²) in [7, 11) is 0. The van der Waals surface area contributed by atoms with Crippen LogP contribution in [0.15, 0.2) is 53.6 Å². The maximum absolute atomic E-state index is 13.3. The number of benzene rings is 2. The van der Waals surface area contributed by atoms with E-state index in [4.69, 9.17) is 10.3 Å². The normalized spacial score (nSPS) is 25.3. The first-order valence-electron chi connectivity index (χ1n) is 11.6. The second-order valence-electron chi connectivity index (χ2n) is 9.44. The summed E-state index contributed by atoms with van der Waals surface area (Å²) in [6, 6.07) is 15.8. The van der Waals surface area contributed by atoms with Crippen molar-refractivity contribution in [3.8, 4) is 5.75 Å². The van der Waals surface area contributed by atoms with Gasteiger partial charge in [0.1, 0.15) is 12.4 Å². The number of ether oxygens (including phenoxy) is 1. The van der Waals surface area contributed by atoms with Crippen molar-refractivity contribution in [2.24, 2.45) is 22.9 Å². The molecule has 1 fully saturated rings. The maximum Gasteiger partial charge on any atom is 0.231 e. The third-order valence-electron chi connectivity index (χ3n) is 7.82. The highest BCUT2D eigenvalue weighted by atomic mass is 16.5. The summed E-state index contributed by atoms with van der Waals surface area (Å²) >= 11 is 0. The van der Waals surface area contributed by atoms with Crippen LogP contribution in [0, 0.1) is 17.8 Å². The fraction of sp³-hybridized carbons (Fsp3) is 0.385. The Kier molecular flexibility index (Phi) is 4.73. The summed E-state index contributed by atoms with van der Waals surface area (Å²) < 4.78 is 8.16. The quantitative estimate of drug-likeness (QED) is 0.292. The van der Waals surface area contributed by atoms with Crippen LogP contribution in [0.4, 0.5) is 0 Å². The Morgan fingerprint density at radius 2 is 1.97 bits per heavy atom. The van der Waals surface area contributed by atoms with Crippen LogP contribution in [0.2, 0.25) is 0 Å². The largest absolute Gasteiger partial charge is 0.488 e. The number of carbonyl (C=O) groups excluding carboxylic acids is 2. The summed E-state index contributed by atoms with van der Waals surface area (Å²) in [6.07, 6.45) is 3.89. The first-order valence-corrected chi connectivity index (χ1v) is 11.6. The minimum atomic E-state index is -0.380. The van der Waals surface area contributed by atoms with Gasteiger partial charge in [-0.3, -0.25) is 14.2 Å². The van der Waals surface area contributed by atoms with Crippen LogP contribution in [-0.4, -0.2) is 16.4 Å². The minimum Gasteiger partial charge on any atom is -0.488 e. The Bertz CT molecular complexity index is 1320. The molecule has 3 aliphatic rings. The Labute approximate surface area is 191 Å². The number of carbonyl (C=O) groups is 2. The number of aromatic nitrogens is 1. The topological polar surface area (TPSA) is 97.1 Å². The molecule has 2 heterocycles. The van der Waals surface area contributed by atoms with Crippen molar-refractivity contribution >= 4 is 22.7 Å². The van der Waals surface area contributed by atoms with E-state index >= 15 is 0 Å². The molecule has 2 aromatic carbocycles. The summed E-state index contributed by atoms with van der Waals surface area (Å²) in [5.41, 5.74) is 12.9. The van der Waals surface area contributed by atoms with E-state index in [1.165, 1.54) is 0 Å². The van der Waals surface area contributed by atoms with Crippen molar-refractivity contribution in [3.05, 3.63) is 75.8 Å². The molecule has 0 N–H and O–H groups in total. The van der Waals surface area contributed by atoms with Crippen LogP contribution in [0.3, 0.4) is 0 Å². The molecular formula is C26H24N4O3. The smallest absolute Gasteiger partial charge is 0.231 e. The van der Waals surface area contributed by atoms with Crippen molar-refractivity contribution in [2.45, 2.75) is 44.6 Å². The number of hydrogen-bond acceptors (Lipinski definition) is 3. The summed E-state index contributed by atoms with van der Waals surface area (Å²) in [5, 5.41) is 4.41. The summed E-state index contributed by atoms with van der Waals surface area (Å²) in [4.78, 5) is 28.9. The predicted octanol–water partition coefficient (Wildman–Crippen LogP) is 5.77. The van der Waals surface area contributed by atoms with E-state index in [2.05, 4.69) is 10.0 Å². The van der Waals surface area contributed by atoms with Gasteiger partial charge in [0.2, 0.25) is 11.8 Å². The van der Waals surface area contributed by atoms with Gasteiger partial charge < -0.3 is 4.74 Å². The number of nitrogens with zero attached hydrogens (tertiary/aromatic N) is 4. The molecule has 1 amide bonds. The monoisotopic (exact) mass is 440 g/mol. The molecule has 0 radical (unpaired) electrons. The van der Waals surface area contributed by atoms with Crippen molar-refractivity contribution in [2.75, 3.05) is 0 Å². The molecule has 2 aliphatic carbocycles. The molecule has 0 bridgehead atoms. The van der Waals surface area contributed by atoms with Gasteiger partial charge in [-0.2, -0.15) is 0 Å². The second kappa shape index (κ2) is 7.78. The molecule has 3 aromatic rings. The van der Waals surface area contributed by atoms with Crippen LogP contribution in [0.25, 0.3) is 21.3 Å². The average Bonchev–Trinajstić information content (AvgIpc) is 3.18. The number of fused-ring (bicyclic) bond motifs is 3. The van der Waals surface area contributed by atoms with Crippen LogP contribution in [-0.2, 0) is 17.8 Å². The Balaban J connectivity index is 1.53.